The summed E-state index contributed by atoms with van der Waals surface area (Å²) in [6.45, 7) is 4.95. The van der Waals surface area contributed by atoms with Crippen molar-refractivity contribution in [3.8, 4) is 0 Å². The zero-order valence-corrected chi connectivity index (χ0v) is 11.4. The molecule has 0 amide bonds. The Morgan fingerprint density at radius 1 is 1.28 bits per heavy atom. The first-order valence-electron chi connectivity index (χ1n) is 6.94. The van der Waals surface area contributed by atoms with Gasteiger partial charge >= 0.3 is 0 Å². The second-order valence-electron chi connectivity index (χ2n) is 5.32. The van der Waals surface area contributed by atoms with Gasteiger partial charge in [0, 0.05) is 18.2 Å². The van der Waals surface area contributed by atoms with Gasteiger partial charge in [0.2, 0.25) is 0 Å². The molecule has 1 aromatic carbocycles. The van der Waals surface area contributed by atoms with Crippen molar-refractivity contribution < 1.29 is 4.74 Å². The maximum atomic E-state index is 6.04. The van der Waals surface area contributed by atoms with Crippen molar-refractivity contribution in [1.82, 2.24) is 0 Å². The van der Waals surface area contributed by atoms with Crippen LogP contribution in [0.4, 0.5) is 0 Å². The van der Waals surface area contributed by atoms with E-state index in [1.807, 2.05) is 6.07 Å². The van der Waals surface area contributed by atoms with Gasteiger partial charge in [0.1, 0.15) is 0 Å². The molecule has 0 saturated heterocycles. The molecule has 1 unspecified atom stereocenters. The molecule has 0 spiro atoms. The highest BCUT2D eigenvalue weighted by Gasteiger charge is 2.26. The Morgan fingerprint density at radius 2 is 2.06 bits per heavy atom. The Balaban J connectivity index is 1.84. The van der Waals surface area contributed by atoms with Crippen molar-refractivity contribution >= 4 is 6.21 Å². The van der Waals surface area contributed by atoms with Gasteiger partial charge in [-0.15, -0.1) is 0 Å². The van der Waals surface area contributed by atoms with Crippen LogP contribution in [0, 0.1) is 5.92 Å². The fourth-order valence-electron chi connectivity index (χ4n) is 2.39. The largest absolute Gasteiger partial charge is 0.373 e. The van der Waals surface area contributed by atoms with Gasteiger partial charge in [-0.2, -0.15) is 0 Å². The van der Waals surface area contributed by atoms with E-state index in [1.165, 1.54) is 24.8 Å². The molecule has 1 fully saturated rings. The minimum absolute atomic E-state index is 0.354. The fraction of sp³-hybridized carbons (Fsp3) is 0.562. The third-order valence-corrected chi connectivity index (χ3v) is 3.39. The van der Waals surface area contributed by atoms with Gasteiger partial charge in [0.25, 0.3) is 0 Å². The van der Waals surface area contributed by atoms with Crippen LogP contribution in [0.15, 0.2) is 35.3 Å². The minimum atomic E-state index is 0.354. The van der Waals surface area contributed by atoms with E-state index in [0.29, 0.717) is 18.1 Å². The Morgan fingerprint density at radius 3 is 2.78 bits per heavy atom. The Bertz CT molecular complexity index is 372. The molecular weight excluding hydrogens is 222 g/mol. The third-order valence-electron chi connectivity index (χ3n) is 3.39. The fourth-order valence-corrected chi connectivity index (χ4v) is 2.39. The maximum Gasteiger partial charge on any atom is 0.0720 e. The molecule has 0 aliphatic heterocycles. The van der Waals surface area contributed by atoms with E-state index >= 15 is 0 Å². The smallest absolute Gasteiger partial charge is 0.0720 e. The minimum Gasteiger partial charge on any atom is -0.373 e. The number of hydrogen-bond acceptors (Lipinski definition) is 2. The number of nitrogens with zero attached hydrogens (tertiary/aromatic N) is 1. The molecule has 1 aliphatic rings. The van der Waals surface area contributed by atoms with Crippen LogP contribution in [-0.4, -0.2) is 18.4 Å². The first-order chi connectivity index (χ1) is 8.75. The second-order valence-corrected chi connectivity index (χ2v) is 5.32. The summed E-state index contributed by atoms with van der Waals surface area (Å²) in [7, 11) is 0. The normalized spacial score (nSPS) is 24.2. The lowest BCUT2D eigenvalue weighted by molar-refractivity contribution is 0.0325. The average Bonchev–Trinajstić information content (AvgIpc) is 2.82. The molecule has 2 nitrogen and oxygen atoms in total. The highest BCUT2D eigenvalue weighted by atomic mass is 16.5. The molecule has 0 bridgehead atoms. The van der Waals surface area contributed by atoms with E-state index in [0.717, 1.165) is 6.61 Å². The van der Waals surface area contributed by atoms with Crippen LogP contribution in [-0.2, 0) is 11.3 Å². The van der Waals surface area contributed by atoms with Crippen LogP contribution in [0.25, 0.3) is 0 Å². The maximum absolute atomic E-state index is 6.04. The van der Waals surface area contributed by atoms with Gasteiger partial charge in [0.15, 0.2) is 0 Å². The molecule has 0 radical (unpaired) electrons. The quantitative estimate of drug-likeness (QED) is 0.722. The summed E-state index contributed by atoms with van der Waals surface area (Å²) in [5.41, 5.74) is 1.25. The summed E-state index contributed by atoms with van der Waals surface area (Å²) in [5, 5.41) is 0. The first-order valence-corrected chi connectivity index (χ1v) is 6.94. The number of aliphatic imine (C=N–C) groups is 1. The molecular formula is C16H23NO. The number of hydrogen-bond donors (Lipinski definition) is 0. The number of benzene rings is 1. The van der Waals surface area contributed by atoms with Crippen LogP contribution in [0.3, 0.4) is 0 Å². The molecule has 2 atom stereocenters. The number of rotatable bonds is 5. The van der Waals surface area contributed by atoms with Gasteiger partial charge in [-0.3, -0.25) is 4.99 Å². The monoisotopic (exact) mass is 245 g/mol. The van der Waals surface area contributed by atoms with Crippen molar-refractivity contribution in [2.75, 3.05) is 0 Å². The van der Waals surface area contributed by atoms with Crippen LogP contribution < -0.4 is 0 Å². The summed E-state index contributed by atoms with van der Waals surface area (Å²) < 4.78 is 6.04. The summed E-state index contributed by atoms with van der Waals surface area (Å²) >= 11 is 0. The highest BCUT2D eigenvalue weighted by Crippen LogP contribution is 2.27. The van der Waals surface area contributed by atoms with Gasteiger partial charge in [-0.25, -0.2) is 0 Å². The van der Waals surface area contributed by atoms with Crippen LogP contribution in [0.2, 0.25) is 0 Å². The summed E-state index contributed by atoms with van der Waals surface area (Å²) in [6, 6.07) is 10.8. The predicted molar refractivity (Wildman–Crippen MR) is 76.0 cm³/mol. The van der Waals surface area contributed by atoms with Gasteiger partial charge < -0.3 is 4.74 Å². The van der Waals surface area contributed by atoms with Crippen molar-refractivity contribution in [3.05, 3.63) is 35.9 Å². The summed E-state index contributed by atoms with van der Waals surface area (Å²) in [5.74, 6) is 0.510. The molecule has 1 aliphatic carbocycles. The molecule has 0 aromatic heterocycles. The van der Waals surface area contributed by atoms with E-state index in [-0.39, 0.29) is 0 Å². The molecule has 1 saturated carbocycles. The van der Waals surface area contributed by atoms with Gasteiger partial charge in [0.05, 0.1) is 12.7 Å². The van der Waals surface area contributed by atoms with Gasteiger partial charge in [-0.1, -0.05) is 36.8 Å². The highest BCUT2D eigenvalue weighted by molar-refractivity contribution is 5.62. The lowest BCUT2D eigenvalue weighted by atomic mass is 10.1. The van der Waals surface area contributed by atoms with Crippen molar-refractivity contribution in [1.29, 1.82) is 0 Å². The first kappa shape index (κ1) is 13.3. The molecule has 0 N–H and O–H groups in total. The van der Waals surface area contributed by atoms with E-state index in [2.05, 4.69) is 49.3 Å². The summed E-state index contributed by atoms with van der Waals surface area (Å²) in [4.78, 5) is 4.51. The zero-order valence-electron chi connectivity index (χ0n) is 11.4. The van der Waals surface area contributed by atoms with E-state index in [9.17, 15) is 0 Å². The standard InChI is InChI=1S/C16H23NO/c1-13(2)17-11-15-9-6-10-16(15)18-12-14-7-4-3-5-8-14/h3-5,7-8,11,13,15-16H,6,9-10,12H2,1-2H3/t15?,16-/m1/s1. The van der Waals surface area contributed by atoms with Gasteiger partial charge in [-0.05, 0) is 32.3 Å². The van der Waals surface area contributed by atoms with E-state index < -0.39 is 0 Å². The number of ether oxygens (including phenoxy) is 1. The zero-order chi connectivity index (χ0) is 12.8. The SMILES string of the molecule is CC(C)N=CC1CCC[C@H]1OCc1ccccc1. The molecule has 18 heavy (non-hydrogen) atoms. The second kappa shape index (κ2) is 6.69. The van der Waals surface area contributed by atoms with Crippen molar-refractivity contribution in [2.45, 2.75) is 51.9 Å². The summed E-state index contributed by atoms with van der Waals surface area (Å²) in [6.07, 6.45) is 6.12. The molecule has 2 heteroatoms. The Labute approximate surface area is 110 Å². The van der Waals surface area contributed by atoms with Crippen molar-refractivity contribution in [3.63, 3.8) is 0 Å². The topological polar surface area (TPSA) is 21.6 Å². The Hall–Kier alpha value is -1.15. The van der Waals surface area contributed by atoms with E-state index in [1.54, 1.807) is 0 Å². The molecule has 2 rings (SSSR count). The average molecular weight is 245 g/mol. The Kier molecular flexibility index (Phi) is 4.94. The predicted octanol–water partition coefficient (Wildman–Crippen LogP) is 3.85. The van der Waals surface area contributed by atoms with Crippen LogP contribution in [0.5, 0.6) is 0 Å². The molecule has 0 heterocycles. The van der Waals surface area contributed by atoms with Crippen molar-refractivity contribution in [2.24, 2.45) is 10.9 Å². The molecule has 98 valence electrons. The third kappa shape index (κ3) is 3.95. The lowest BCUT2D eigenvalue weighted by Crippen LogP contribution is -2.19. The molecule has 1 aromatic rings. The van der Waals surface area contributed by atoms with Crippen LogP contribution in [0.1, 0.15) is 38.7 Å². The van der Waals surface area contributed by atoms with E-state index in [4.69, 9.17) is 4.74 Å². The lowest BCUT2D eigenvalue weighted by Gasteiger charge is -2.17. The van der Waals surface area contributed by atoms with Crippen LogP contribution >= 0.6 is 0 Å².